The van der Waals surface area contributed by atoms with E-state index in [-0.39, 0.29) is 34.4 Å². The van der Waals surface area contributed by atoms with Crippen molar-refractivity contribution in [2.45, 2.75) is 112 Å². The molecule has 3 fully saturated rings. The predicted octanol–water partition coefficient (Wildman–Crippen LogP) is 5.00. The van der Waals surface area contributed by atoms with Crippen molar-refractivity contribution in [1.29, 1.82) is 0 Å². The van der Waals surface area contributed by atoms with Crippen LogP contribution < -0.4 is 0 Å². The van der Waals surface area contributed by atoms with Crippen LogP contribution in [0.3, 0.4) is 0 Å². The lowest BCUT2D eigenvalue weighted by Crippen LogP contribution is -2.64. The summed E-state index contributed by atoms with van der Waals surface area (Å²) in [4.78, 5) is 0. The van der Waals surface area contributed by atoms with Crippen molar-refractivity contribution >= 4 is 0 Å². The summed E-state index contributed by atoms with van der Waals surface area (Å²) >= 11 is 0. The summed E-state index contributed by atoms with van der Waals surface area (Å²) in [6.45, 7) is 16.0. The molecule has 5 aliphatic carbocycles. The maximum absolute atomic E-state index is 11.3. The normalized spacial score (nSPS) is 53.4. The lowest BCUT2D eigenvalue weighted by atomic mass is 9.35. The number of aliphatic hydroxyl groups excluding tert-OH is 4. The van der Waals surface area contributed by atoms with Gasteiger partial charge in [-0.2, -0.15) is 0 Å². The second-order valence-electron chi connectivity index (χ2n) is 14.8. The Bertz CT molecular complexity index is 932. The van der Waals surface area contributed by atoms with Crippen LogP contribution in [0.4, 0.5) is 0 Å². The molecule has 0 aromatic heterocycles. The van der Waals surface area contributed by atoms with Gasteiger partial charge in [-0.05, 0) is 89.4 Å². The van der Waals surface area contributed by atoms with E-state index in [0.717, 1.165) is 32.1 Å². The largest absolute Gasteiger partial charge is 0.395 e. The van der Waals surface area contributed by atoms with E-state index >= 15 is 0 Å². The molecule has 192 valence electrons. The molecule has 0 spiro atoms. The van der Waals surface area contributed by atoms with E-state index in [9.17, 15) is 20.4 Å². The molecule has 0 unspecified atom stereocenters. The molecule has 4 N–H and O–H groups in total. The van der Waals surface area contributed by atoms with Gasteiger partial charge < -0.3 is 20.4 Å². The number of fused-ring (bicyclic) bond motifs is 6. The summed E-state index contributed by atoms with van der Waals surface area (Å²) in [6, 6.07) is 0. The van der Waals surface area contributed by atoms with Crippen molar-refractivity contribution in [2.75, 3.05) is 6.61 Å². The molecule has 3 saturated carbocycles. The Morgan fingerprint density at radius 1 is 0.853 bits per heavy atom. The number of allylic oxidation sites excluding steroid dienone is 3. The number of rotatable bonds is 1. The van der Waals surface area contributed by atoms with Gasteiger partial charge in [-0.1, -0.05) is 66.2 Å². The highest BCUT2D eigenvalue weighted by molar-refractivity contribution is 5.47. The molecule has 0 radical (unpaired) electrons. The van der Waals surface area contributed by atoms with Gasteiger partial charge in [-0.25, -0.2) is 0 Å². The molecule has 0 saturated heterocycles. The van der Waals surface area contributed by atoms with Crippen LogP contribution in [-0.4, -0.2) is 45.3 Å². The summed E-state index contributed by atoms with van der Waals surface area (Å²) < 4.78 is 0. The van der Waals surface area contributed by atoms with Gasteiger partial charge in [0.1, 0.15) is 0 Å². The van der Waals surface area contributed by atoms with Crippen LogP contribution in [0.2, 0.25) is 0 Å². The minimum atomic E-state index is -0.943. The van der Waals surface area contributed by atoms with Crippen molar-refractivity contribution in [1.82, 2.24) is 0 Å². The van der Waals surface area contributed by atoms with Crippen molar-refractivity contribution in [3.8, 4) is 0 Å². The van der Waals surface area contributed by atoms with E-state index in [1.165, 1.54) is 11.1 Å². The van der Waals surface area contributed by atoms with E-state index in [0.29, 0.717) is 24.7 Å². The minimum absolute atomic E-state index is 0.0350. The van der Waals surface area contributed by atoms with Crippen LogP contribution in [0.1, 0.15) is 93.4 Å². The van der Waals surface area contributed by atoms with Crippen LogP contribution in [0.5, 0.6) is 0 Å². The molecule has 0 aromatic carbocycles. The molecule has 0 bridgehead atoms. The van der Waals surface area contributed by atoms with Crippen LogP contribution in [-0.2, 0) is 0 Å². The van der Waals surface area contributed by atoms with Gasteiger partial charge in [0.15, 0.2) is 0 Å². The summed E-state index contributed by atoms with van der Waals surface area (Å²) in [5.41, 5.74) is 1.46. The third kappa shape index (κ3) is 2.75. The van der Waals surface area contributed by atoms with E-state index in [2.05, 4.69) is 46.8 Å². The van der Waals surface area contributed by atoms with Crippen molar-refractivity contribution in [3.63, 3.8) is 0 Å². The first-order chi connectivity index (χ1) is 15.6. The third-order valence-corrected chi connectivity index (χ3v) is 12.7. The second kappa shape index (κ2) is 7.21. The first-order valence-corrected chi connectivity index (χ1v) is 13.7. The summed E-state index contributed by atoms with van der Waals surface area (Å²) in [6.07, 6.45) is 9.37. The van der Waals surface area contributed by atoms with E-state index in [1.54, 1.807) is 0 Å². The Labute approximate surface area is 206 Å². The van der Waals surface area contributed by atoms with Gasteiger partial charge in [-0.3, -0.25) is 0 Å². The highest BCUT2D eigenvalue weighted by atomic mass is 16.3. The molecule has 5 aliphatic rings. The topological polar surface area (TPSA) is 80.9 Å². The molecule has 34 heavy (non-hydrogen) atoms. The van der Waals surface area contributed by atoms with E-state index < -0.39 is 23.0 Å². The molecule has 0 aromatic rings. The van der Waals surface area contributed by atoms with Crippen LogP contribution in [0.15, 0.2) is 23.3 Å². The number of aliphatic hydroxyl groups is 4. The van der Waals surface area contributed by atoms with Gasteiger partial charge in [0.2, 0.25) is 0 Å². The Morgan fingerprint density at radius 2 is 1.53 bits per heavy atom. The highest BCUT2D eigenvalue weighted by Crippen LogP contribution is 2.74. The predicted molar refractivity (Wildman–Crippen MR) is 135 cm³/mol. The zero-order chi connectivity index (χ0) is 25.1. The zero-order valence-electron chi connectivity index (χ0n) is 22.5. The zero-order valence-corrected chi connectivity index (χ0v) is 22.5. The number of hydrogen-bond donors (Lipinski definition) is 4. The van der Waals surface area contributed by atoms with Gasteiger partial charge in [0, 0.05) is 5.41 Å². The molecule has 0 heterocycles. The first kappa shape index (κ1) is 25.0. The molecule has 0 aliphatic heterocycles. The molecule has 4 heteroatoms. The average Bonchev–Trinajstić information content (AvgIpc) is 2.76. The minimum Gasteiger partial charge on any atom is -0.395 e. The average molecular weight is 473 g/mol. The lowest BCUT2D eigenvalue weighted by molar-refractivity contribution is -0.188. The Balaban J connectivity index is 1.68. The van der Waals surface area contributed by atoms with Gasteiger partial charge in [-0.15, -0.1) is 0 Å². The van der Waals surface area contributed by atoms with E-state index in [1.807, 2.05) is 13.8 Å². The monoisotopic (exact) mass is 472 g/mol. The summed E-state index contributed by atoms with van der Waals surface area (Å²) in [5, 5.41) is 43.8. The lowest BCUT2D eigenvalue weighted by Gasteiger charge is -2.69. The van der Waals surface area contributed by atoms with Gasteiger partial charge in [0.05, 0.1) is 24.9 Å². The van der Waals surface area contributed by atoms with Crippen molar-refractivity contribution in [2.24, 2.45) is 44.3 Å². The van der Waals surface area contributed by atoms with Crippen molar-refractivity contribution in [3.05, 3.63) is 23.3 Å². The maximum atomic E-state index is 11.3. The van der Waals surface area contributed by atoms with E-state index in [4.69, 9.17) is 0 Å². The fourth-order valence-electron chi connectivity index (χ4n) is 10.1. The Morgan fingerprint density at radius 3 is 2.18 bits per heavy atom. The molecule has 5 rings (SSSR count). The highest BCUT2D eigenvalue weighted by Gasteiger charge is 2.67. The van der Waals surface area contributed by atoms with Gasteiger partial charge >= 0.3 is 0 Å². The van der Waals surface area contributed by atoms with Crippen LogP contribution in [0.25, 0.3) is 0 Å². The molecule has 4 nitrogen and oxygen atoms in total. The Hall–Kier alpha value is -0.680. The molecule has 0 amide bonds. The van der Waals surface area contributed by atoms with Gasteiger partial charge in [0.25, 0.3) is 0 Å². The standard InChI is InChI=1S/C30H48O4/c1-25(2)16-19-18-8-9-21-27(5)12-11-22(32)26(3,4)20(27)10-13-29(21,7)28(18,6)14-15-30(19,17-31)24(34)23(25)33/h8-9,20-24,31-34H,10-17H2,1-7H3/t20-,21-,22+,23+,24+,27+,28-,29-,30+/m1/s1. The molecular weight excluding hydrogens is 424 g/mol. The van der Waals surface area contributed by atoms with Crippen LogP contribution >= 0.6 is 0 Å². The SMILES string of the molecule is CC1(C)CC2=C3C=C[C@@H]4[C@@]5(C)CC[C@H](O)C(C)(C)[C@H]5CC[C@@]4(C)[C@]3(C)CC[C@@]2(CO)[C@@H](O)[C@@H]1O. The number of hydrogen-bond acceptors (Lipinski definition) is 4. The second-order valence-corrected chi connectivity index (χ2v) is 14.8. The Kier molecular flexibility index (Phi) is 5.30. The van der Waals surface area contributed by atoms with Crippen LogP contribution in [0, 0.1) is 44.3 Å². The maximum Gasteiger partial charge on any atom is 0.0919 e. The molecular formula is C30H48O4. The third-order valence-electron chi connectivity index (χ3n) is 12.7. The summed E-state index contributed by atoms with van der Waals surface area (Å²) in [7, 11) is 0. The fraction of sp³-hybridized carbons (Fsp3) is 0.867. The summed E-state index contributed by atoms with van der Waals surface area (Å²) in [5.74, 6) is 0.934. The smallest absolute Gasteiger partial charge is 0.0919 e. The quantitative estimate of drug-likeness (QED) is 0.433. The fourth-order valence-corrected chi connectivity index (χ4v) is 10.1. The van der Waals surface area contributed by atoms with Crippen molar-refractivity contribution < 1.29 is 20.4 Å². The molecule has 9 atom stereocenters. The first-order valence-electron chi connectivity index (χ1n) is 13.7.